The Bertz CT molecular complexity index is 810. The van der Waals surface area contributed by atoms with Gasteiger partial charge in [0.15, 0.2) is 0 Å². The molecule has 0 spiro atoms. The molecule has 4 N–H and O–H groups in total. The molecular formula is C23H37N5O5. The van der Waals surface area contributed by atoms with Crippen LogP contribution in [0.4, 0.5) is 4.79 Å². The van der Waals surface area contributed by atoms with Crippen molar-refractivity contribution in [2.75, 3.05) is 20.3 Å². The van der Waals surface area contributed by atoms with Gasteiger partial charge in [0.2, 0.25) is 5.88 Å². The molecule has 2 fully saturated rings. The van der Waals surface area contributed by atoms with E-state index in [1.807, 2.05) is 13.8 Å². The molecular weight excluding hydrogens is 426 g/mol. The third-order valence-corrected chi connectivity index (χ3v) is 6.28. The summed E-state index contributed by atoms with van der Waals surface area (Å²) < 4.78 is 10.5. The summed E-state index contributed by atoms with van der Waals surface area (Å²) >= 11 is 0. The van der Waals surface area contributed by atoms with Gasteiger partial charge in [-0.05, 0) is 63.4 Å². The predicted molar refractivity (Wildman–Crippen MR) is 126 cm³/mol. The minimum absolute atomic E-state index is 0.0753. The van der Waals surface area contributed by atoms with Crippen LogP contribution in [0.3, 0.4) is 0 Å². The largest absolute Gasteiger partial charge is 0.478 e. The second kappa shape index (κ2) is 10.8. The lowest BCUT2D eigenvalue weighted by molar-refractivity contribution is -0.119. The number of nitrogens with one attached hydrogen (secondary N) is 4. The number of hydrogen-bond acceptors (Lipinski definition) is 8. The monoisotopic (exact) mass is 463 g/mol. The third kappa shape index (κ3) is 7.03. The van der Waals surface area contributed by atoms with Crippen molar-refractivity contribution in [3.8, 4) is 0 Å². The zero-order chi connectivity index (χ0) is 24.7. The minimum atomic E-state index is -0.723. The van der Waals surface area contributed by atoms with E-state index in [1.54, 1.807) is 26.1 Å². The second-order valence-corrected chi connectivity index (χ2v) is 10.1. The number of methoxy groups -OCH3 is 1. The summed E-state index contributed by atoms with van der Waals surface area (Å²) in [7, 11) is 1.29. The maximum Gasteiger partial charge on any atom is 0.407 e. The molecule has 0 aliphatic heterocycles. The Morgan fingerprint density at radius 1 is 1.21 bits per heavy atom. The van der Waals surface area contributed by atoms with Gasteiger partial charge < -0.3 is 30.8 Å². The minimum Gasteiger partial charge on any atom is -0.478 e. The molecule has 0 saturated heterocycles. The van der Waals surface area contributed by atoms with Crippen LogP contribution in [0.5, 0.6) is 0 Å². The van der Waals surface area contributed by atoms with Crippen LogP contribution in [0.15, 0.2) is 28.9 Å². The molecule has 2 rings (SSSR count). The highest BCUT2D eigenvalue weighted by atomic mass is 16.5. The van der Waals surface area contributed by atoms with E-state index in [4.69, 9.17) is 10.1 Å². The van der Waals surface area contributed by atoms with Crippen molar-refractivity contribution in [1.29, 1.82) is 5.41 Å². The number of carbonyl (C=O) groups excluding carboxylic acids is 2. The number of hydrogen-bond donors (Lipinski definition) is 4. The molecule has 0 radical (unpaired) electrons. The van der Waals surface area contributed by atoms with Gasteiger partial charge in [0.05, 0.1) is 25.8 Å². The number of nitroso groups, excluding NO2 is 1. The first-order valence-corrected chi connectivity index (χ1v) is 11.3. The smallest absolute Gasteiger partial charge is 0.407 e. The van der Waals surface area contributed by atoms with Crippen molar-refractivity contribution < 1.29 is 19.1 Å². The topological polar surface area (TPSA) is 142 Å². The standard InChI is InChI=1S/C23H37N5O5/c1-16(2)13-33-19(25-11-10-21(3,4)28-20(30)32-5)17(12-24)18(29)27-23-8-6-22(14-23,7-9-23)15-26-31/h10-12,16,24-25H,6-9,13-15H2,1-5H3,(H,27,29)(H,28,30)/b11-10+,19-17-,24-12?. The van der Waals surface area contributed by atoms with Gasteiger partial charge in [-0.2, -0.15) is 4.91 Å². The lowest BCUT2D eigenvalue weighted by Crippen LogP contribution is -2.46. The van der Waals surface area contributed by atoms with Gasteiger partial charge in [-0.15, -0.1) is 0 Å². The van der Waals surface area contributed by atoms with Gasteiger partial charge in [0, 0.05) is 18.0 Å². The quantitative estimate of drug-likeness (QED) is 0.151. The second-order valence-electron chi connectivity index (χ2n) is 10.1. The Morgan fingerprint density at radius 2 is 1.88 bits per heavy atom. The van der Waals surface area contributed by atoms with Gasteiger partial charge in [0.25, 0.3) is 5.91 Å². The summed E-state index contributed by atoms with van der Waals surface area (Å²) in [5.74, 6) is -0.0270. The average molecular weight is 464 g/mol. The number of carbonyl (C=O) groups is 2. The van der Waals surface area contributed by atoms with Crippen molar-refractivity contribution >= 4 is 18.2 Å². The van der Waals surface area contributed by atoms with Gasteiger partial charge in [-0.25, -0.2) is 4.79 Å². The van der Waals surface area contributed by atoms with Crippen molar-refractivity contribution in [2.45, 2.75) is 70.9 Å². The van der Waals surface area contributed by atoms with Crippen LogP contribution < -0.4 is 16.0 Å². The molecule has 2 amide bonds. The Kier molecular flexibility index (Phi) is 8.63. The lowest BCUT2D eigenvalue weighted by atomic mass is 9.84. The molecule has 0 aromatic heterocycles. The van der Waals surface area contributed by atoms with E-state index in [9.17, 15) is 14.5 Å². The molecule has 33 heavy (non-hydrogen) atoms. The Balaban J connectivity index is 2.18. The SMILES string of the molecule is COC(=O)NC(C)(C)/C=C/N/C(OCC(C)C)=C(\C=N)C(=O)NC12CCC(CN=O)(CC1)C2. The molecule has 10 heteroatoms. The number of nitrogens with zero attached hydrogens (tertiary/aromatic N) is 1. The molecule has 184 valence electrons. The van der Waals surface area contributed by atoms with E-state index in [-0.39, 0.29) is 34.9 Å². The van der Waals surface area contributed by atoms with E-state index in [0.717, 1.165) is 38.3 Å². The van der Waals surface area contributed by atoms with Gasteiger partial charge >= 0.3 is 6.09 Å². The van der Waals surface area contributed by atoms with Crippen LogP contribution in [0.2, 0.25) is 0 Å². The molecule has 2 saturated carbocycles. The van der Waals surface area contributed by atoms with E-state index in [2.05, 4.69) is 25.9 Å². The molecule has 0 heterocycles. The highest BCUT2D eigenvalue weighted by molar-refractivity contribution is 6.12. The summed E-state index contributed by atoms with van der Waals surface area (Å²) in [6.07, 6.45) is 7.71. The van der Waals surface area contributed by atoms with Crippen molar-refractivity contribution in [3.05, 3.63) is 28.6 Å². The summed E-state index contributed by atoms with van der Waals surface area (Å²) in [6.45, 7) is 8.16. The fraction of sp³-hybridized carbons (Fsp3) is 0.696. The van der Waals surface area contributed by atoms with Gasteiger partial charge in [-0.3, -0.25) is 4.79 Å². The van der Waals surface area contributed by atoms with E-state index < -0.39 is 17.5 Å². The molecule has 2 bridgehead atoms. The zero-order valence-corrected chi connectivity index (χ0v) is 20.2. The van der Waals surface area contributed by atoms with Crippen LogP contribution >= 0.6 is 0 Å². The summed E-state index contributed by atoms with van der Waals surface area (Å²) in [6, 6.07) is 0. The van der Waals surface area contributed by atoms with Crippen molar-refractivity contribution in [1.82, 2.24) is 16.0 Å². The predicted octanol–water partition coefficient (Wildman–Crippen LogP) is 3.34. The highest BCUT2D eigenvalue weighted by Crippen LogP contribution is 2.56. The molecule has 0 aromatic carbocycles. The lowest BCUT2D eigenvalue weighted by Gasteiger charge is -2.28. The summed E-state index contributed by atoms with van der Waals surface area (Å²) in [5, 5.41) is 19.7. The number of alkyl carbamates (subject to hydrolysis) is 1. The highest BCUT2D eigenvalue weighted by Gasteiger charge is 2.55. The molecule has 0 atom stereocenters. The Morgan fingerprint density at radius 3 is 2.42 bits per heavy atom. The normalized spacial score (nSPS) is 24.9. The molecule has 2 aliphatic rings. The maximum atomic E-state index is 13.2. The van der Waals surface area contributed by atoms with E-state index >= 15 is 0 Å². The maximum absolute atomic E-state index is 13.2. The van der Waals surface area contributed by atoms with Crippen LogP contribution in [-0.2, 0) is 14.3 Å². The van der Waals surface area contributed by atoms with Crippen LogP contribution in [0, 0.1) is 21.6 Å². The fourth-order valence-corrected chi connectivity index (χ4v) is 4.52. The first-order chi connectivity index (χ1) is 15.5. The van der Waals surface area contributed by atoms with Crippen LogP contribution in [0.25, 0.3) is 0 Å². The molecule has 10 nitrogen and oxygen atoms in total. The number of ether oxygens (including phenoxy) is 2. The Labute approximate surface area is 195 Å². The third-order valence-electron chi connectivity index (χ3n) is 6.28. The summed E-state index contributed by atoms with van der Waals surface area (Å²) in [4.78, 5) is 35.5. The van der Waals surface area contributed by atoms with E-state index in [1.165, 1.54) is 7.11 Å². The van der Waals surface area contributed by atoms with Gasteiger partial charge in [-0.1, -0.05) is 19.0 Å². The molecule has 2 aliphatic carbocycles. The van der Waals surface area contributed by atoms with Gasteiger partial charge in [0.1, 0.15) is 5.57 Å². The average Bonchev–Trinajstić information content (AvgIpc) is 3.26. The number of rotatable bonds is 12. The first-order valence-electron chi connectivity index (χ1n) is 11.3. The summed E-state index contributed by atoms with van der Waals surface area (Å²) in [5.41, 5.74) is -1.13. The number of amides is 2. The molecule has 0 unspecified atom stereocenters. The fourth-order valence-electron chi connectivity index (χ4n) is 4.52. The van der Waals surface area contributed by atoms with E-state index in [0.29, 0.717) is 6.61 Å². The first kappa shape index (κ1) is 26.3. The molecule has 0 aromatic rings. The Hall–Kier alpha value is -2.91. The number of fused-ring (bicyclic) bond motifs is 2. The van der Waals surface area contributed by atoms with Crippen molar-refractivity contribution in [3.63, 3.8) is 0 Å². The van der Waals surface area contributed by atoms with Crippen LogP contribution in [-0.4, -0.2) is 49.6 Å². The van der Waals surface area contributed by atoms with Crippen molar-refractivity contribution in [2.24, 2.45) is 16.5 Å². The zero-order valence-electron chi connectivity index (χ0n) is 20.2. The van der Waals surface area contributed by atoms with Crippen LogP contribution in [0.1, 0.15) is 59.8 Å².